The van der Waals surface area contributed by atoms with E-state index in [2.05, 4.69) is 20.8 Å². The van der Waals surface area contributed by atoms with Gasteiger partial charge in [0.05, 0.1) is 22.6 Å². The second-order valence-electron chi connectivity index (χ2n) is 7.08. The fraction of sp³-hybridized carbons (Fsp3) is 0.0833. The quantitative estimate of drug-likeness (QED) is 0.510. The average Bonchev–Trinajstić information content (AvgIpc) is 3.16. The van der Waals surface area contributed by atoms with Crippen LogP contribution in [0.2, 0.25) is 0 Å². The van der Waals surface area contributed by atoms with E-state index in [1.165, 1.54) is 4.80 Å². The van der Waals surface area contributed by atoms with Crippen LogP contribution in [-0.2, 0) is 0 Å². The largest absolute Gasteiger partial charge is 0.322 e. The smallest absolute Gasteiger partial charge is 0.278 e. The molecule has 0 spiro atoms. The van der Waals surface area contributed by atoms with Crippen molar-refractivity contribution in [2.75, 3.05) is 10.6 Å². The summed E-state index contributed by atoms with van der Waals surface area (Å²) in [5.41, 5.74) is 3.91. The van der Waals surface area contributed by atoms with E-state index < -0.39 is 5.91 Å². The van der Waals surface area contributed by atoms with Crippen molar-refractivity contribution in [3.63, 3.8) is 0 Å². The van der Waals surface area contributed by atoms with E-state index in [9.17, 15) is 9.59 Å². The average molecular weight is 411 g/mol. The number of hydrogen-bond acceptors (Lipinski definition) is 4. The number of para-hydroxylation sites is 2. The number of anilines is 2. The minimum atomic E-state index is -0.435. The lowest BCUT2D eigenvalue weighted by atomic mass is 10.1. The first-order valence-corrected chi connectivity index (χ1v) is 9.79. The first kappa shape index (κ1) is 20.0. The van der Waals surface area contributed by atoms with Crippen molar-refractivity contribution in [1.29, 1.82) is 0 Å². The van der Waals surface area contributed by atoms with Crippen molar-refractivity contribution in [3.05, 3.63) is 101 Å². The molecule has 0 aliphatic carbocycles. The van der Waals surface area contributed by atoms with Crippen LogP contribution >= 0.6 is 0 Å². The first-order chi connectivity index (χ1) is 15.0. The summed E-state index contributed by atoms with van der Waals surface area (Å²) in [6.07, 6.45) is 0. The highest BCUT2D eigenvalue weighted by Gasteiger charge is 2.19. The van der Waals surface area contributed by atoms with Crippen LogP contribution < -0.4 is 10.6 Å². The van der Waals surface area contributed by atoms with Crippen molar-refractivity contribution >= 4 is 23.2 Å². The molecular weight excluding hydrogens is 390 g/mol. The topological polar surface area (TPSA) is 88.9 Å². The molecule has 1 aromatic heterocycles. The lowest BCUT2D eigenvalue weighted by molar-refractivity contribution is 0.102. The molecule has 0 atom stereocenters. The maximum absolute atomic E-state index is 12.9. The van der Waals surface area contributed by atoms with E-state index in [4.69, 9.17) is 0 Å². The zero-order valence-corrected chi connectivity index (χ0v) is 17.2. The van der Waals surface area contributed by atoms with Gasteiger partial charge < -0.3 is 10.6 Å². The van der Waals surface area contributed by atoms with Gasteiger partial charge in [-0.2, -0.15) is 9.90 Å². The predicted molar refractivity (Wildman–Crippen MR) is 120 cm³/mol. The van der Waals surface area contributed by atoms with Crippen molar-refractivity contribution in [2.45, 2.75) is 13.8 Å². The standard InChI is InChI=1S/C24H21N5O2/c1-16-9-8-10-18(15-16)25-23(30)20-13-6-7-14-21(20)26-24(31)22-17(2)27-29(28-22)19-11-4-3-5-12-19/h3-15H,1-2H3,(H,25,30)(H,26,31). The van der Waals surface area contributed by atoms with E-state index in [0.29, 0.717) is 22.6 Å². The highest BCUT2D eigenvalue weighted by Crippen LogP contribution is 2.19. The third-order valence-electron chi connectivity index (χ3n) is 4.68. The molecule has 2 amide bonds. The number of aryl methyl sites for hydroxylation is 2. The molecule has 0 unspecified atom stereocenters. The second kappa shape index (κ2) is 8.62. The number of rotatable bonds is 5. The highest BCUT2D eigenvalue weighted by atomic mass is 16.2. The Balaban J connectivity index is 1.56. The van der Waals surface area contributed by atoms with Crippen molar-refractivity contribution < 1.29 is 9.59 Å². The van der Waals surface area contributed by atoms with Gasteiger partial charge in [-0.25, -0.2) is 0 Å². The van der Waals surface area contributed by atoms with Crippen molar-refractivity contribution in [3.8, 4) is 5.69 Å². The van der Waals surface area contributed by atoms with Crippen LogP contribution in [-0.4, -0.2) is 26.8 Å². The first-order valence-electron chi connectivity index (χ1n) is 9.79. The number of carbonyl (C=O) groups excluding carboxylic acids is 2. The number of aromatic nitrogens is 3. The van der Waals surface area contributed by atoms with Crippen LogP contribution in [0.25, 0.3) is 5.69 Å². The Morgan fingerprint density at radius 3 is 2.29 bits per heavy atom. The van der Waals surface area contributed by atoms with Gasteiger partial charge in [0.2, 0.25) is 0 Å². The minimum absolute atomic E-state index is 0.192. The Kier molecular flexibility index (Phi) is 5.57. The van der Waals surface area contributed by atoms with Gasteiger partial charge in [-0.3, -0.25) is 9.59 Å². The molecular formula is C24H21N5O2. The van der Waals surface area contributed by atoms with Crippen LogP contribution in [0.5, 0.6) is 0 Å². The van der Waals surface area contributed by atoms with E-state index in [1.807, 2.05) is 61.5 Å². The lowest BCUT2D eigenvalue weighted by Crippen LogP contribution is -2.19. The lowest BCUT2D eigenvalue weighted by Gasteiger charge is -2.11. The zero-order chi connectivity index (χ0) is 21.8. The van der Waals surface area contributed by atoms with Crippen LogP contribution in [0.15, 0.2) is 78.9 Å². The summed E-state index contributed by atoms with van der Waals surface area (Å²) in [6.45, 7) is 3.67. The minimum Gasteiger partial charge on any atom is -0.322 e. The van der Waals surface area contributed by atoms with Gasteiger partial charge in [-0.05, 0) is 55.8 Å². The van der Waals surface area contributed by atoms with Gasteiger partial charge in [0.25, 0.3) is 11.8 Å². The zero-order valence-electron chi connectivity index (χ0n) is 17.2. The number of nitrogens with one attached hydrogen (secondary N) is 2. The summed E-state index contributed by atoms with van der Waals surface area (Å²) in [7, 11) is 0. The molecule has 0 radical (unpaired) electrons. The monoisotopic (exact) mass is 411 g/mol. The molecule has 0 aliphatic heterocycles. The number of benzene rings is 3. The summed E-state index contributed by atoms with van der Waals surface area (Å²) < 4.78 is 0. The Hall–Kier alpha value is -4.26. The van der Waals surface area contributed by atoms with Crippen molar-refractivity contribution in [2.24, 2.45) is 0 Å². The predicted octanol–water partition coefficient (Wildman–Crippen LogP) is 4.39. The molecule has 0 aliphatic rings. The number of nitrogens with zero attached hydrogens (tertiary/aromatic N) is 3. The molecule has 3 aromatic carbocycles. The van der Waals surface area contributed by atoms with E-state index in [-0.39, 0.29) is 11.6 Å². The van der Waals surface area contributed by atoms with Crippen LogP contribution in [0.4, 0.5) is 11.4 Å². The molecule has 0 bridgehead atoms. The summed E-state index contributed by atoms with van der Waals surface area (Å²) in [5.74, 6) is -0.748. The normalized spacial score (nSPS) is 10.5. The third kappa shape index (κ3) is 4.51. The Morgan fingerprint density at radius 2 is 1.52 bits per heavy atom. The van der Waals surface area contributed by atoms with Gasteiger partial charge in [-0.15, -0.1) is 5.10 Å². The van der Waals surface area contributed by atoms with E-state index in [1.54, 1.807) is 31.2 Å². The van der Waals surface area contributed by atoms with Crippen LogP contribution in [0, 0.1) is 13.8 Å². The summed E-state index contributed by atoms with van der Waals surface area (Å²) in [4.78, 5) is 27.1. The molecule has 2 N–H and O–H groups in total. The number of amides is 2. The summed E-state index contributed by atoms with van der Waals surface area (Å²) >= 11 is 0. The Labute approximate surface area is 179 Å². The SMILES string of the molecule is Cc1cccc(NC(=O)c2ccccc2NC(=O)c2nn(-c3ccccc3)nc2C)c1. The molecule has 154 valence electrons. The number of hydrogen-bond donors (Lipinski definition) is 2. The Morgan fingerprint density at radius 1 is 0.774 bits per heavy atom. The fourth-order valence-electron chi connectivity index (χ4n) is 3.16. The maximum Gasteiger partial charge on any atom is 0.278 e. The summed E-state index contributed by atoms with van der Waals surface area (Å²) in [5, 5.41) is 14.3. The van der Waals surface area contributed by atoms with Gasteiger partial charge in [0.1, 0.15) is 0 Å². The highest BCUT2D eigenvalue weighted by molar-refractivity contribution is 6.12. The van der Waals surface area contributed by atoms with Gasteiger partial charge in [0, 0.05) is 5.69 Å². The van der Waals surface area contributed by atoms with Crippen molar-refractivity contribution in [1.82, 2.24) is 15.0 Å². The van der Waals surface area contributed by atoms with Crippen LogP contribution in [0.3, 0.4) is 0 Å². The fourth-order valence-corrected chi connectivity index (χ4v) is 3.16. The number of carbonyl (C=O) groups is 2. The molecule has 0 fully saturated rings. The van der Waals surface area contributed by atoms with Gasteiger partial charge >= 0.3 is 0 Å². The van der Waals surface area contributed by atoms with E-state index in [0.717, 1.165) is 11.3 Å². The molecule has 0 saturated heterocycles. The molecule has 4 aromatic rings. The maximum atomic E-state index is 12.9. The molecule has 7 nitrogen and oxygen atoms in total. The molecule has 7 heteroatoms. The van der Waals surface area contributed by atoms with Gasteiger partial charge in [0.15, 0.2) is 5.69 Å². The Bertz CT molecular complexity index is 1250. The molecule has 31 heavy (non-hydrogen) atoms. The second-order valence-corrected chi connectivity index (χ2v) is 7.08. The van der Waals surface area contributed by atoms with E-state index >= 15 is 0 Å². The molecule has 4 rings (SSSR count). The molecule has 0 saturated carbocycles. The third-order valence-corrected chi connectivity index (χ3v) is 4.68. The molecule has 1 heterocycles. The van der Waals surface area contributed by atoms with Crippen LogP contribution in [0.1, 0.15) is 32.1 Å². The summed E-state index contributed by atoms with van der Waals surface area (Å²) in [6, 6.07) is 23.7. The van der Waals surface area contributed by atoms with Gasteiger partial charge in [-0.1, -0.05) is 42.5 Å².